The molecule has 6 rings (SSSR count). The van der Waals surface area contributed by atoms with Gasteiger partial charge < -0.3 is 25.2 Å². The fourth-order valence-electron chi connectivity index (χ4n) is 6.75. The molecule has 2 aliphatic carbocycles. The van der Waals surface area contributed by atoms with Gasteiger partial charge in [-0.05, 0) is 80.8 Å². The maximum atomic E-state index is 14.7. The molecule has 3 aromatic rings. The number of aliphatic hydroxyl groups excluding tert-OH is 1. The van der Waals surface area contributed by atoms with Gasteiger partial charge in [-0.2, -0.15) is 0 Å². The van der Waals surface area contributed by atoms with Gasteiger partial charge in [0.2, 0.25) is 6.41 Å². The standard InChI is InChI=1S/C34H40FN3O4/c1-33(2,3)42-31(39)37-19-22(15-16-27-29(35)13-8-14-30(27)36)38(34(21-37)17-18-34)32(40)41-20-28-25-11-6-4-9-23(25)24-10-5-7-12-26(24)28/h4-14,22,28,32,40H,15-21,36H2,1-3H3. The van der Waals surface area contributed by atoms with Crippen LogP contribution in [-0.2, 0) is 15.9 Å². The number of nitrogens with two attached hydrogens (primary N) is 1. The van der Waals surface area contributed by atoms with E-state index in [0.717, 1.165) is 12.8 Å². The molecule has 7 nitrogen and oxygen atoms in total. The summed E-state index contributed by atoms with van der Waals surface area (Å²) in [5.41, 5.74) is 10.7. The van der Waals surface area contributed by atoms with E-state index in [0.29, 0.717) is 43.8 Å². The van der Waals surface area contributed by atoms with E-state index in [4.69, 9.17) is 15.2 Å². The lowest BCUT2D eigenvalue weighted by molar-refractivity contribution is -0.237. The number of hydrogen-bond donors (Lipinski definition) is 2. The molecule has 2 unspecified atom stereocenters. The van der Waals surface area contributed by atoms with Gasteiger partial charge in [0.1, 0.15) is 11.4 Å². The molecule has 1 heterocycles. The second-order valence-corrected chi connectivity index (χ2v) is 12.9. The van der Waals surface area contributed by atoms with Gasteiger partial charge in [0.25, 0.3) is 0 Å². The Labute approximate surface area is 247 Å². The first-order chi connectivity index (χ1) is 20.1. The minimum atomic E-state index is -1.18. The Morgan fingerprint density at radius 3 is 2.29 bits per heavy atom. The van der Waals surface area contributed by atoms with Gasteiger partial charge in [-0.3, -0.25) is 0 Å². The highest BCUT2D eigenvalue weighted by Crippen LogP contribution is 2.49. The fourth-order valence-corrected chi connectivity index (χ4v) is 6.75. The minimum Gasteiger partial charge on any atom is -0.444 e. The lowest BCUT2D eigenvalue weighted by atomic mass is 9.97. The number of carbonyl (C=O) groups excluding carboxylic acids is 1. The summed E-state index contributed by atoms with van der Waals surface area (Å²) >= 11 is 0. The Hall–Kier alpha value is -3.46. The van der Waals surface area contributed by atoms with Gasteiger partial charge in [-0.15, -0.1) is 0 Å². The van der Waals surface area contributed by atoms with Crippen LogP contribution in [0.5, 0.6) is 0 Å². The highest BCUT2D eigenvalue weighted by atomic mass is 19.1. The number of carbonyl (C=O) groups is 1. The molecule has 1 aliphatic heterocycles. The average Bonchev–Trinajstić information content (AvgIpc) is 3.62. The van der Waals surface area contributed by atoms with Gasteiger partial charge in [0.15, 0.2) is 0 Å². The SMILES string of the molecule is CC(C)(C)OC(=O)N1CC(CCc2c(N)cccc2F)N(C(O)OCC2c3ccccc3-c3ccccc32)C2(CC2)C1. The Kier molecular flexibility index (Phi) is 7.50. The Bertz CT molecular complexity index is 1400. The van der Waals surface area contributed by atoms with Crippen LogP contribution in [-0.4, -0.2) is 64.3 Å². The number of rotatable bonds is 7. The number of benzene rings is 3. The van der Waals surface area contributed by atoms with Gasteiger partial charge in [0.05, 0.1) is 6.61 Å². The zero-order chi connectivity index (χ0) is 29.6. The van der Waals surface area contributed by atoms with Crippen LogP contribution in [0.2, 0.25) is 0 Å². The van der Waals surface area contributed by atoms with Crippen LogP contribution < -0.4 is 5.73 Å². The predicted octanol–water partition coefficient (Wildman–Crippen LogP) is 5.90. The van der Waals surface area contributed by atoms with Crippen molar-refractivity contribution < 1.29 is 23.8 Å². The highest BCUT2D eigenvalue weighted by molar-refractivity contribution is 5.78. The lowest BCUT2D eigenvalue weighted by Gasteiger charge is -2.49. The molecular weight excluding hydrogens is 533 g/mol. The molecule has 1 saturated heterocycles. The van der Waals surface area contributed by atoms with E-state index in [-0.39, 0.29) is 23.9 Å². The molecule has 3 aliphatic rings. The van der Waals surface area contributed by atoms with Crippen LogP contribution in [0.15, 0.2) is 66.7 Å². The largest absolute Gasteiger partial charge is 0.444 e. The van der Waals surface area contributed by atoms with Gasteiger partial charge in [0, 0.05) is 41.8 Å². The van der Waals surface area contributed by atoms with Crippen molar-refractivity contribution in [2.75, 3.05) is 25.4 Å². The highest BCUT2D eigenvalue weighted by Gasteiger charge is 2.58. The summed E-state index contributed by atoms with van der Waals surface area (Å²) in [6.07, 6.45) is 0.935. The van der Waals surface area contributed by atoms with E-state index >= 15 is 0 Å². The second-order valence-electron chi connectivity index (χ2n) is 12.9. The Morgan fingerprint density at radius 1 is 1.05 bits per heavy atom. The monoisotopic (exact) mass is 573 g/mol. The van der Waals surface area contributed by atoms with E-state index in [2.05, 4.69) is 24.3 Å². The summed E-state index contributed by atoms with van der Waals surface area (Å²) in [4.78, 5) is 16.9. The van der Waals surface area contributed by atoms with Crippen molar-refractivity contribution in [1.29, 1.82) is 0 Å². The van der Waals surface area contributed by atoms with Crippen molar-refractivity contribution in [1.82, 2.24) is 9.80 Å². The van der Waals surface area contributed by atoms with Crippen molar-refractivity contribution in [3.63, 3.8) is 0 Å². The van der Waals surface area contributed by atoms with E-state index in [1.54, 1.807) is 17.0 Å². The van der Waals surface area contributed by atoms with Crippen molar-refractivity contribution in [2.45, 2.75) is 76.0 Å². The number of fused-ring (bicyclic) bond motifs is 3. The predicted molar refractivity (Wildman–Crippen MR) is 160 cm³/mol. The number of hydrogen-bond acceptors (Lipinski definition) is 6. The number of halogens is 1. The van der Waals surface area contributed by atoms with Crippen molar-refractivity contribution in [3.8, 4) is 11.1 Å². The lowest BCUT2D eigenvalue weighted by Crippen LogP contribution is -2.65. The van der Waals surface area contributed by atoms with E-state index < -0.39 is 17.6 Å². The average molecular weight is 574 g/mol. The summed E-state index contributed by atoms with van der Waals surface area (Å²) in [7, 11) is 0. The molecular formula is C34H40FN3O4. The molecule has 1 amide bonds. The smallest absolute Gasteiger partial charge is 0.410 e. The van der Waals surface area contributed by atoms with Crippen molar-refractivity contribution in [3.05, 3.63) is 89.2 Å². The fraction of sp³-hybridized carbons (Fsp3) is 0.441. The molecule has 222 valence electrons. The van der Waals surface area contributed by atoms with Crippen LogP contribution in [0.4, 0.5) is 14.9 Å². The number of amides is 1. The van der Waals surface area contributed by atoms with E-state index in [1.807, 2.05) is 49.9 Å². The number of ether oxygens (including phenoxy) is 2. The van der Waals surface area contributed by atoms with Crippen LogP contribution in [0, 0.1) is 5.82 Å². The molecule has 1 spiro atoms. The van der Waals surface area contributed by atoms with Crippen LogP contribution >= 0.6 is 0 Å². The number of anilines is 1. The third-order valence-electron chi connectivity index (χ3n) is 8.83. The first-order valence-electron chi connectivity index (χ1n) is 14.8. The second kappa shape index (κ2) is 11.0. The quantitative estimate of drug-likeness (QED) is 0.270. The molecule has 2 fully saturated rings. The summed E-state index contributed by atoms with van der Waals surface area (Å²) in [5.74, 6) is -0.347. The van der Waals surface area contributed by atoms with Crippen molar-refractivity contribution in [2.24, 2.45) is 0 Å². The van der Waals surface area contributed by atoms with Crippen LogP contribution in [0.3, 0.4) is 0 Å². The zero-order valence-corrected chi connectivity index (χ0v) is 24.6. The van der Waals surface area contributed by atoms with E-state index in [9.17, 15) is 14.3 Å². The number of piperazine rings is 1. The molecule has 1 saturated carbocycles. The molecule has 8 heteroatoms. The summed E-state index contributed by atoms with van der Waals surface area (Å²) in [6, 6.07) is 21.1. The maximum absolute atomic E-state index is 14.7. The number of nitrogens with zero attached hydrogens (tertiary/aromatic N) is 2. The molecule has 42 heavy (non-hydrogen) atoms. The number of aliphatic hydroxyl groups is 1. The summed E-state index contributed by atoms with van der Waals surface area (Å²) in [6.45, 7) is 6.64. The zero-order valence-electron chi connectivity index (χ0n) is 24.6. The summed E-state index contributed by atoms with van der Waals surface area (Å²) in [5, 5.41) is 11.7. The van der Waals surface area contributed by atoms with Crippen molar-refractivity contribution >= 4 is 11.8 Å². The third kappa shape index (κ3) is 5.51. The maximum Gasteiger partial charge on any atom is 0.410 e. The molecule has 2 atom stereocenters. The normalized spacial score (nSPS) is 20.3. The molecule has 3 N–H and O–H groups in total. The van der Waals surface area contributed by atoms with Gasteiger partial charge in [-0.1, -0.05) is 54.6 Å². The van der Waals surface area contributed by atoms with Gasteiger partial charge in [-0.25, -0.2) is 14.1 Å². The molecule has 3 aromatic carbocycles. The minimum absolute atomic E-state index is 0.00178. The third-order valence-corrected chi connectivity index (χ3v) is 8.83. The molecule has 0 aromatic heterocycles. The first kappa shape index (κ1) is 28.6. The first-order valence-corrected chi connectivity index (χ1v) is 14.8. The Morgan fingerprint density at radius 2 is 1.69 bits per heavy atom. The molecule has 0 bridgehead atoms. The summed E-state index contributed by atoms with van der Waals surface area (Å²) < 4.78 is 26.7. The Balaban J connectivity index is 1.24. The van der Waals surface area contributed by atoms with Crippen LogP contribution in [0.25, 0.3) is 11.1 Å². The van der Waals surface area contributed by atoms with E-state index in [1.165, 1.54) is 28.3 Å². The number of nitrogen functional groups attached to an aromatic ring is 1. The molecule has 0 radical (unpaired) electrons. The topological polar surface area (TPSA) is 88.3 Å². The van der Waals surface area contributed by atoms with Crippen LogP contribution in [0.1, 0.15) is 62.6 Å². The van der Waals surface area contributed by atoms with Gasteiger partial charge >= 0.3 is 6.09 Å².